The van der Waals surface area contributed by atoms with Gasteiger partial charge < -0.3 is 10.4 Å². The maximum absolute atomic E-state index is 13.8. The van der Waals surface area contributed by atoms with Gasteiger partial charge in [-0.2, -0.15) is 0 Å². The van der Waals surface area contributed by atoms with Crippen LogP contribution >= 0.6 is 38.5 Å². The molecule has 1 heterocycles. The molecule has 1 fully saturated rings. The molecule has 1 aliphatic heterocycles. The Morgan fingerprint density at radius 3 is 2.72 bits per heavy atom. The lowest BCUT2D eigenvalue weighted by Crippen LogP contribution is -2.30. The minimum absolute atomic E-state index is 0.00547. The lowest BCUT2D eigenvalue weighted by molar-refractivity contribution is -0.123. The van der Waals surface area contributed by atoms with Crippen molar-refractivity contribution in [3.63, 3.8) is 0 Å². The second-order valence-electron chi connectivity index (χ2n) is 5.30. The number of urea groups is 1. The molecule has 128 valence electrons. The number of carbonyl (C=O) groups excluding carboxylic acids is 2. The van der Waals surface area contributed by atoms with Gasteiger partial charge in [-0.25, -0.2) is 9.18 Å². The molecule has 2 N–H and O–H groups in total. The second kappa shape index (κ2) is 7.12. The first-order valence-electron chi connectivity index (χ1n) is 7.13. The normalized spacial score (nSPS) is 15.8. The number of nitrogens with one attached hydrogen (secondary N) is 1. The molecule has 0 bridgehead atoms. The maximum atomic E-state index is 13.8. The number of nitrogens with zero attached hydrogens (tertiary/aromatic N) is 1. The van der Waals surface area contributed by atoms with E-state index in [0.29, 0.717) is 9.13 Å². The summed E-state index contributed by atoms with van der Waals surface area (Å²) in [5, 5.41) is 12.6. The molecule has 0 unspecified atom stereocenters. The summed E-state index contributed by atoms with van der Waals surface area (Å²) < 4.78 is 15.1. The highest BCUT2D eigenvalue weighted by Crippen LogP contribution is 2.31. The molecule has 0 aromatic heterocycles. The molecule has 0 atom stereocenters. The molecule has 25 heavy (non-hydrogen) atoms. The highest BCUT2D eigenvalue weighted by Gasteiger charge is 2.34. The standard InChI is InChI=1S/C17H11BrFIN2O3/c18-11-5-10(15(23)13(20)7-11)6-14-16(24)22(17(25)21-14)8-9-3-1-2-4-12(9)19/h1-7,23H,8H2,(H,21,25)/b14-6-. The van der Waals surface area contributed by atoms with Crippen LogP contribution in [-0.2, 0) is 11.3 Å². The topological polar surface area (TPSA) is 69.6 Å². The molecule has 2 aromatic rings. The van der Waals surface area contributed by atoms with E-state index in [1.807, 2.05) is 22.6 Å². The van der Waals surface area contributed by atoms with E-state index in [1.165, 1.54) is 24.3 Å². The summed E-state index contributed by atoms with van der Waals surface area (Å²) in [5.41, 5.74) is 0.646. The quantitative estimate of drug-likeness (QED) is 0.368. The third-order valence-corrected chi connectivity index (χ3v) is 4.89. The molecule has 1 aliphatic rings. The molecule has 0 spiro atoms. The van der Waals surface area contributed by atoms with Crippen molar-refractivity contribution in [1.29, 1.82) is 0 Å². The first kappa shape index (κ1) is 17.9. The van der Waals surface area contributed by atoms with Crippen molar-refractivity contribution in [3.8, 4) is 5.75 Å². The second-order valence-corrected chi connectivity index (χ2v) is 7.37. The molecule has 0 saturated carbocycles. The number of carbonyl (C=O) groups is 2. The Balaban J connectivity index is 1.90. The van der Waals surface area contributed by atoms with Gasteiger partial charge in [0.15, 0.2) is 0 Å². The lowest BCUT2D eigenvalue weighted by atomic mass is 10.1. The summed E-state index contributed by atoms with van der Waals surface area (Å²) >= 11 is 5.28. The van der Waals surface area contributed by atoms with Gasteiger partial charge in [0.2, 0.25) is 0 Å². The molecule has 8 heteroatoms. The van der Waals surface area contributed by atoms with E-state index in [-0.39, 0.29) is 23.6 Å². The zero-order valence-electron chi connectivity index (χ0n) is 12.6. The van der Waals surface area contributed by atoms with Crippen molar-refractivity contribution < 1.29 is 19.1 Å². The van der Waals surface area contributed by atoms with Crippen molar-refractivity contribution in [2.75, 3.05) is 0 Å². The minimum atomic E-state index is -0.635. The molecule has 3 amide bonds. The third kappa shape index (κ3) is 3.69. The Labute approximate surface area is 164 Å². The zero-order valence-corrected chi connectivity index (χ0v) is 16.3. The van der Waals surface area contributed by atoms with Crippen molar-refractivity contribution in [2.45, 2.75) is 6.54 Å². The molecule has 0 aliphatic carbocycles. The van der Waals surface area contributed by atoms with E-state index in [1.54, 1.807) is 18.2 Å². The Morgan fingerprint density at radius 1 is 1.28 bits per heavy atom. The molecule has 0 radical (unpaired) electrons. The van der Waals surface area contributed by atoms with Crippen LogP contribution in [0.2, 0.25) is 0 Å². The molecule has 2 aromatic carbocycles. The lowest BCUT2D eigenvalue weighted by Gasteiger charge is -2.12. The first-order chi connectivity index (χ1) is 11.9. The van der Waals surface area contributed by atoms with Crippen LogP contribution in [-0.4, -0.2) is 21.9 Å². The number of imide groups is 1. The number of hydrogen-bond acceptors (Lipinski definition) is 3. The summed E-state index contributed by atoms with van der Waals surface area (Å²) in [4.78, 5) is 25.5. The number of phenolic OH excluding ortho intramolecular Hbond substituents is 1. The van der Waals surface area contributed by atoms with Crippen LogP contribution in [0.1, 0.15) is 11.1 Å². The third-order valence-electron chi connectivity index (χ3n) is 3.61. The SMILES string of the molecule is O=C1N/C(=C\c2cc(Br)cc(I)c2O)C(=O)N1Cc1ccccc1F. The van der Waals surface area contributed by atoms with E-state index >= 15 is 0 Å². The Morgan fingerprint density at radius 2 is 2.00 bits per heavy atom. The minimum Gasteiger partial charge on any atom is -0.506 e. The first-order valence-corrected chi connectivity index (χ1v) is 9.00. The number of hydrogen-bond donors (Lipinski definition) is 2. The van der Waals surface area contributed by atoms with Gasteiger partial charge in [-0.3, -0.25) is 9.69 Å². The Kier molecular flexibility index (Phi) is 5.09. The van der Waals surface area contributed by atoms with Gasteiger partial charge in [-0.1, -0.05) is 34.1 Å². The van der Waals surface area contributed by atoms with E-state index in [2.05, 4.69) is 21.2 Å². The number of halogens is 3. The van der Waals surface area contributed by atoms with Gasteiger partial charge in [0.1, 0.15) is 17.3 Å². The van der Waals surface area contributed by atoms with Crippen LogP contribution in [0.15, 0.2) is 46.6 Å². The molecular formula is C17H11BrFIN2O3. The smallest absolute Gasteiger partial charge is 0.329 e. The molecule has 5 nitrogen and oxygen atoms in total. The van der Waals surface area contributed by atoms with Crippen molar-refractivity contribution in [1.82, 2.24) is 10.2 Å². The predicted molar refractivity (Wildman–Crippen MR) is 102 cm³/mol. The van der Waals surface area contributed by atoms with E-state index in [4.69, 9.17) is 0 Å². The van der Waals surface area contributed by atoms with Crippen molar-refractivity contribution in [3.05, 3.63) is 67.1 Å². The summed E-state index contributed by atoms with van der Waals surface area (Å²) in [6.07, 6.45) is 1.39. The average molecular weight is 517 g/mol. The van der Waals surface area contributed by atoms with Crippen molar-refractivity contribution >= 4 is 56.5 Å². The van der Waals surface area contributed by atoms with Gasteiger partial charge in [-0.05, 0) is 46.9 Å². The van der Waals surface area contributed by atoms with Crippen LogP contribution < -0.4 is 5.32 Å². The van der Waals surface area contributed by atoms with Crippen LogP contribution in [0.4, 0.5) is 9.18 Å². The molecule has 3 rings (SSSR count). The highest BCUT2D eigenvalue weighted by atomic mass is 127. The average Bonchev–Trinajstić information content (AvgIpc) is 2.81. The van der Waals surface area contributed by atoms with E-state index in [0.717, 1.165) is 9.37 Å². The zero-order chi connectivity index (χ0) is 18.1. The van der Waals surface area contributed by atoms with Crippen LogP contribution in [0.3, 0.4) is 0 Å². The summed E-state index contributed by atoms with van der Waals surface area (Å²) in [6.45, 7) is -0.170. The Hall–Kier alpha value is -1.94. The van der Waals surface area contributed by atoms with Gasteiger partial charge >= 0.3 is 6.03 Å². The fourth-order valence-corrected chi connectivity index (χ4v) is 3.91. The summed E-state index contributed by atoms with van der Waals surface area (Å²) in [7, 11) is 0. The number of phenols is 1. The fourth-order valence-electron chi connectivity index (χ4n) is 2.36. The number of benzene rings is 2. The number of aromatic hydroxyl groups is 1. The van der Waals surface area contributed by atoms with Gasteiger partial charge in [0.05, 0.1) is 10.1 Å². The summed E-state index contributed by atoms with van der Waals surface area (Å²) in [5.74, 6) is -1.06. The van der Waals surface area contributed by atoms with Gasteiger partial charge in [0.25, 0.3) is 5.91 Å². The molecular weight excluding hydrogens is 506 g/mol. The predicted octanol–water partition coefficient (Wildman–Crippen LogP) is 3.99. The largest absolute Gasteiger partial charge is 0.506 e. The van der Waals surface area contributed by atoms with E-state index < -0.39 is 17.8 Å². The number of amides is 3. The monoisotopic (exact) mass is 516 g/mol. The van der Waals surface area contributed by atoms with E-state index in [9.17, 15) is 19.1 Å². The van der Waals surface area contributed by atoms with Crippen LogP contribution in [0.5, 0.6) is 5.75 Å². The number of rotatable bonds is 3. The fraction of sp³-hybridized carbons (Fsp3) is 0.0588. The Bertz CT molecular complexity index is 917. The van der Waals surface area contributed by atoms with Crippen molar-refractivity contribution in [2.24, 2.45) is 0 Å². The van der Waals surface area contributed by atoms with Crippen LogP contribution in [0, 0.1) is 9.39 Å². The van der Waals surface area contributed by atoms with Crippen LogP contribution in [0.25, 0.3) is 6.08 Å². The van der Waals surface area contributed by atoms with Gasteiger partial charge in [-0.15, -0.1) is 0 Å². The van der Waals surface area contributed by atoms with Gasteiger partial charge in [0, 0.05) is 15.6 Å². The molecule has 1 saturated heterocycles. The summed E-state index contributed by atoms with van der Waals surface area (Å²) in [6, 6.07) is 8.67. The highest BCUT2D eigenvalue weighted by molar-refractivity contribution is 14.1. The maximum Gasteiger partial charge on any atom is 0.329 e.